The number of hydrogen-bond donors (Lipinski definition) is 2. The van der Waals surface area contributed by atoms with Crippen molar-refractivity contribution in [2.75, 3.05) is 20.1 Å². The first-order valence-electron chi connectivity index (χ1n) is 7.84. The van der Waals surface area contributed by atoms with E-state index in [0.717, 1.165) is 37.0 Å². The molecule has 1 aliphatic rings. The van der Waals surface area contributed by atoms with Gasteiger partial charge in [-0.3, -0.25) is 4.79 Å². The first-order chi connectivity index (χ1) is 11.2. The summed E-state index contributed by atoms with van der Waals surface area (Å²) < 4.78 is 2.10. The number of benzene rings is 1. The summed E-state index contributed by atoms with van der Waals surface area (Å²) in [6.45, 7) is 1.50. The summed E-state index contributed by atoms with van der Waals surface area (Å²) in [5, 5.41) is 5.00. The summed E-state index contributed by atoms with van der Waals surface area (Å²) in [4.78, 5) is 29.8. The van der Waals surface area contributed by atoms with Crippen molar-refractivity contribution in [1.29, 1.82) is 0 Å². The monoisotopic (exact) mass is 315 g/mol. The van der Waals surface area contributed by atoms with Gasteiger partial charge in [0, 0.05) is 26.2 Å². The molecule has 2 heterocycles. The maximum Gasteiger partial charge on any atom is 0.314 e. The maximum atomic E-state index is 12.3. The predicted octanol–water partition coefficient (Wildman–Crippen LogP) is 0.956. The number of aromatic nitrogens is 2. The molecule has 0 aliphatic carbocycles. The summed E-state index contributed by atoms with van der Waals surface area (Å²) >= 11 is 0. The van der Waals surface area contributed by atoms with E-state index in [9.17, 15) is 9.59 Å². The lowest BCUT2D eigenvalue weighted by molar-refractivity contribution is -0.131. The Morgan fingerprint density at radius 3 is 3.00 bits per heavy atom. The summed E-state index contributed by atoms with van der Waals surface area (Å²) in [6.07, 6.45) is 3.79. The number of nitrogens with one attached hydrogen (secondary N) is 2. The lowest BCUT2D eigenvalue weighted by Gasteiger charge is -2.25. The van der Waals surface area contributed by atoms with Crippen LogP contribution in [-0.4, -0.2) is 52.6 Å². The van der Waals surface area contributed by atoms with Crippen molar-refractivity contribution in [3.8, 4) is 0 Å². The van der Waals surface area contributed by atoms with E-state index < -0.39 is 0 Å². The molecule has 3 amide bonds. The Bertz CT molecular complexity index is 711. The number of urea groups is 1. The van der Waals surface area contributed by atoms with E-state index in [1.807, 2.05) is 35.5 Å². The minimum absolute atomic E-state index is 0.0286. The number of likely N-dealkylation sites (tertiary alicyclic amines) is 1. The zero-order valence-electron chi connectivity index (χ0n) is 13.2. The highest BCUT2D eigenvalue weighted by Gasteiger charge is 2.29. The standard InChI is InChI=1S/C16H21N5O2/c1-17-16(23)18-9-15(22)21-8-4-5-12(21)10-20-11-19-13-6-2-3-7-14(13)20/h2-3,6-7,11-12H,4-5,8-10H2,1H3,(H2,17,18,23). The van der Waals surface area contributed by atoms with Crippen LogP contribution in [0.5, 0.6) is 0 Å². The lowest BCUT2D eigenvalue weighted by Crippen LogP contribution is -2.45. The smallest absolute Gasteiger partial charge is 0.314 e. The third kappa shape index (κ3) is 3.28. The minimum Gasteiger partial charge on any atom is -0.341 e. The SMILES string of the molecule is CNC(=O)NCC(=O)N1CCCC1Cn1cnc2ccccc21. The maximum absolute atomic E-state index is 12.3. The van der Waals surface area contributed by atoms with E-state index in [1.165, 1.54) is 7.05 Å². The van der Waals surface area contributed by atoms with Crippen molar-refractivity contribution in [3.63, 3.8) is 0 Å². The number of amides is 3. The molecule has 1 aromatic carbocycles. The molecule has 1 fully saturated rings. The van der Waals surface area contributed by atoms with Gasteiger partial charge in [-0.25, -0.2) is 9.78 Å². The van der Waals surface area contributed by atoms with Gasteiger partial charge in [0.05, 0.1) is 23.9 Å². The number of para-hydroxylation sites is 2. The third-order valence-corrected chi connectivity index (χ3v) is 4.26. The molecule has 0 bridgehead atoms. The van der Waals surface area contributed by atoms with E-state index >= 15 is 0 Å². The molecule has 3 rings (SSSR count). The van der Waals surface area contributed by atoms with Gasteiger partial charge in [0.25, 0.3) is 0 Å². The van der Waals surface area contributed by atoms with Crippen LogP contribution in [0, 0.1) is 0 Å². The first-order valence-corrected chi connectivity index (χ1v) is 7.84. The zero-order chi connectivity index (χ0) is 16.2. The van der Waals surface area contributed by atoms with Crippen molar-refractivity contribution in [3.05, 3.63) is 30.6 Å². The molecule has 23 heavy (non-hydrogen) atoms. The molecule has 0 spiro atoms. The fraction of sp³-hybridized carbons (Fsp3) is 0.438. The molecule has 7 nitrogen and oxygen atoms in total. The zero-order valence-corrected chi connectivity index (χ0v) is 13.2. The predicted molar refractivity (Wildman–Crippen MR) is 86.9 cm³/mol. The van der Waals surface area contributed by atoms with E-state index in [2.05, 4.69) is 20.2 Å². The second-order valence-corrected chi connectivity index (χ2v) is 5.70. The number of imidazole rings is 1. The lowest BCUT2D eigenvalue weighted by atomic mass is 10.2. The number of carbonyl (C=O) groups excluding carboxylic acids is 2. The van der Waals surface area contributed by atoms with E-state index in [-0.39, 0.29) is 24.5 Å². The molecule has 2 N–H and O–H groups in total. The van der Waals surface area contributed by atoms with Gasteiger partial charge in [-0.05, 0) is 25.0 Å². The van der Waals surface area contributed by atoms with Gasteiger partial charge >= 0.3 is 6.03 Å². The first kappa shape index (κ1) is 15.3. The molecule has 1 unspecified atom stereocenters. The van der Waals surface area contributed by atoms with Gasteiger partial charge in [-0.15, -0.1) is 0 Å². The van der Waals surface area contributed by atoms with Crippen molar-refractivity contribution in [2.24, 2.45) is 0 Å². The topological polar surface area (TPSA) is 79.3 Å². The molecule has 1 aromatic heterocycles. The third-order valence-electron chi connectivity index (χ3n) is 4.26. The number of fused-ring (bicyclic) bond motifs is 1. The highest BCUT2D eigenvalue weighted by molar-refractivity contribution is 5.84. The molecular formula is C16H21N5O2. The van der Waals surface area contributed by atoms with Crippen molar-refractivity contribution >= 4 is 23.0 Å². The van der Waals surface area contributed by atoms with Crippen LogP contribution in [0.2, 0.25) is 0 Å². The molecule has 7 heteroatoms. The Kier molecular flexibility index (Phi) is 4.45. The van der Waals surface area contributed by atoms with Crippen LogP contribution in [0.3, 0.4) is 0 Å². The Hall–Kier alpha value is -2.57. The Morgan fingerprint density at radius 1 is 1.35 bits per heavy atom. The van der Waals surface area contributed by atoms with Crippen LogP contribution in [0.25, 0.3) is 11.0 Å². The molecular weight excluding hydrogens is 294 g/mol. The van der Waals surface area contributed by atoms with Crippen molar-refractivity contribution < 1.29 is 9.59 Å². The number of hydrogen-bond acceptors (Lipinski definition) is 3. The minimum atomic E-state index is -0.338. The molecule has 122 valence electrons. The highest BCUT2D eigenvalue weighted by Crippen LogP contribution is 2.21. The van der Waals surface area contributed by atoms with Gasteiger partial charge in [0.1, 0.15) is 0 Å². The van der Waals surface area contributed by atoms with E-state index in [4.69, 9.17) is 0 Å². The summed E-state index contributed by atoms with van der Waals surface area (Å²) in [5.41, 5.74) is 2.04. The fourth-order valence-electron chi connectivity index (χ4n) is 3.08. The molecule has 0 saturated carbocycles. The van der Waals surface area contributed by atoms with Gasteiger partial charge in [0.2, 0.25) is 5.91 Å². The van der Waals surface area contributed by atoms with Crippen LogP contribution in [0.15, 0.2) is 30.6 Å². The van der Waals surface area contributed by atoms with Crippen molar-refractivity contribution in [1.82, 2.24) is 25.1 Å². The highest BCUT2D eigenvalue weighted by atomic mass is 16.2. The summed E-state index contributed by atoms with van der Waals surface area (Å²) in [6, 6.07) is 7.79. The summed E-state index contributed by atoms with van der Waals surface area (Å²) in [7, 11) is 1.53. The van der Waals surface area contributed by atoms with Crippen LogP contribution in [0.4, 0.5) is 4.79 Å². The van der Waals surface area contributed by atoms with E-state index in [1.54, 1.807) is 0 Å². The van der Waals surface area contributed by atoms with Gasteiger partial charge in [-0.2, -0.15) is 0 Å². The Labute approximate surface area is 134 Å². The second-order valence-electron chi connectivity index (χ2n) is 5.70. The quantitative estimate of drug-likeness (QED) is 0.882. The normalized spacial score (nSPS) is 17.4. The van der Waals surface area contributed by atoms with Crippen LogP contribution >= 0.6 is 0 Å². The molecule has 1 saturated heterocycles. The average molecular weight is 315 g/mol. The Balaban J connectivity index is 1.67. The van der Waals surface area contributed by atoms with Crippen LogP contribution in [0.1, 0.15) is 12.8 Å². The Morgan fingerprint density at radius 2 is 2.17 bits per heavy atom. The molecule has 2 aromatic rings. The number of nitrogens with zero attached hydrogens (tertiary/aromatic N) is 3. The van der Waals surface area contributed by atoms with E-state index in [0.29, 0.717) is 0 Å². The molecule has 0 radical (unpaired) electrons. The largest absolute Gasteiger partial charge is 0.341 e. The number of carbonyl (C=O) groups is 2. The average Bonchev–Trinajstić information content (AvgIpc) is 3.20. The van der Waals surface area contributed by atoms with Gasteiger partial charge in [0.15, 0.2) is 0 Å². The van der Waals surface area contributed by atoms with Crippen LogP contribution in [-0.2, 0) is 11.3 Å². The van der Waals surface area contributed by atoms with Gasteiger partial charge < -0.3 is 20.1 Å². The number of rotatable bonds is 4. The second kappa shape index (κ2) is 6.68. The summed E-state index contributed by atoms with van der Waals surface area (Å²) in [5.74, 6) is -0.0412. The van der Waals surface area contributed by atoms with Crippen LogP contribution < -0.4 is 10.6 Å². The van der Waals surface area contributed by atoms with Gasteiger partial charge in [-0.1, -0.05) is 12.1 Å². The molecule has 1 atom stereocenters. The fourth-order valence-corrected chi connectivity index (χ4v) is 3.08. The molecule has 1 aliphatic heterocycles. The van der Waals surface area contributed by atoms with Crippen molar-refractivity contribution in [2.45, 2.75) is 25.4 Å².